The number of carbonyl (C=O) groups is 1. The summed E-state index contributed by atoms with van der Waals surface area (Å²) in [5.74, 6) is -0.107. The quantitative estimate of drug-likeness (QED) is 0.843. The van der Waals surface area contributed by atoms with Gasteiger partial charge in [-0.2, -0.15) is 0 Å². The zero-order valence-electron chi connectivity index (χ0n) is 11.2. The van der Waals surface area contributed by atoms with Gasteiger partial charge in [-0.15, -0.1) is 11.3 Å². The van der Waals surface area contributed by atoms with E-state index in [4.69, 9.17) is 4.74 Å². The fourth-order valence-corrected chi connectivity index (χ4v) is 2.50. The van der Waals surface area contributed by atoms with Crippen LogP contribution in [-0.4, -0.2) is 23.6 Å². The summed E-state index contributed by atoms with van der Waals surface area (Å²) in [6.07, 6.45) is 0. The molecule has 0 fully saturated rings. The smallest absolute Gasteiger partial charge is 0.357 e. The Morgan fingerprint density at radius 2 is 2.00 bits per heavy atom. The van der Waals surface area contributed by atoms with Gasteiger partial charge >= 0.3 is 5.97 Å². The van der Waals surface area contributed by atoms with E-state index in [0.29, 0.717) is 5.69 Å². The highest BCUT2D eigenvalue weighted by molar-refractivity contribution is 7.16. The summed E-state index contributed by atoms with van der Waals surface area (Å²) < 4.78 is 4.75. The second-order valence-corrected chi connectivity index (χ2v) is 6.28. The maximum atomic E-state index is 11.6. The van der Waals surface area contributed by atoms with Crippen molar-refractivity contribution in [1.82, 2.24) is 4.98 Å². The van der Waals surface area contributed by atoms with Crippen molar-refractivity contribution in [2.75, 3.05) is 12.4 Å². The molecule has 0 radical (unpaired) electrons. The Morgan fingerprint density at radius 3 is 2.41 bits per heavy atom. The normalized spacial score (nSPS) is 11.7. The minimum Gasteiger partial charge on any atom is -0.464 e. The fraction of sp³-hybridized carbons (Fsp3) is 0.667. The number of esters is 1. The number of nitrogens with zero attached hydrogens (tertiary/aromatic N) is 1. The van der Waals surface area contributed by atoms with Crippen molar-refractivity contribution < 1.29 is 9.53 Å². The molecule has 1 aromatic rings. The van der Waals surface area contributed by atoms with Crippen LogP contribution in [0.3, 0.4) is 0 Å². The Bertz CT molecular complexity index is 405. The van der Waals surface area contributed by atoms with Crippen molar-refractivity contribution in [3.63, 3.8) is 0 Å². The topological polar surface area (TPSA) is 51.2 Å². The molecule has 0 aliphatic heterocycles. The summed E-state index contributed by atoms with van der Waals surface area (Å²) in [6, 6.07) is 0. The molecule has 0 bridgehead atoms. The van der Waals surface area contributed by atoms with E-state index in [0.717, 1.165) is 10.0 Å². The lowest BCUT2D eigenvalue weighted by atomic mass is 10.1. The van der Waals surface area contributed by atoms with Crippen molar-refractivity contribution in [1.29, 1.82) is 0 Å². The van der Waals surface area contributed by atoms with Gasteiger partial charge < -0.3 is 10.1 Å². The van der Waals surface area contributed by atoms with E-state index >= 15 is 0 Å². The maximum Gasteiger partial charge on any atom is 0.357 e. The van der Waals surface area contributed by atoms with E-state index in [9.17, 15) is 4.79 Å². The van der Waals surface area contributed by atoms with E-state index in [2.05, 4.69) is 31.1 Å². The molecule has 1 N–H and O–H groups in total. The monoisotopic (exact) mass is 256 g/mol. The number of nitrogens with one attached hydrogen (secondary N) is 1. The van der Waals surface area contributed by atoms with Gasteiger partial charge in [-0.3, -0.25) is 0 Å². The Labute approximate surface area is 106 Å². The molecule has 0 atom stereocenters. The highest BCUT2D eigenvalue weighted by Gasteiger charge is 2.22. The van der Waals surface area contributed by atoms with Gasteiger partial charge in [0.2, 0.25) is 0 Å². The van der Waals surface area contributed by atoms with Gasteiger partial charge in [0.25, 0.3) is 0 Å². The molecule has 96 valence electrons. The van der Waals surface area contributed by atoms with E-state index in [1.54, 1.807) is 0 Å². The molecular formula is C12H20N2O2S. The zero-order valence-corrected chi connectivity index (χ0v) is 12.1. The number of methoxy groups -OCH3 is 1. The zero-order chi connectivity index (χ0) is 13.2. The van der Waals surface area contributed by atoms with Crippen LogP contribution in [0.2, 0.25) is 0 Å². The number of thiazole rings is 1. The number of aromatic nitrogens is 1. The molecule has 0 unspecified atom stereocenters. The molecule has 17 heavy (non-hydrogen) atoms. The van der Waals surface area contributed by atoms with Crippen LogP contribution in [0.15, 0.2) is 0 Å². The predicted octanol–water partition coefficient (Wildman–Crippen LogP) is 3.26. The summed E-state index contributed by atoms with van der Waals surface area (Å²) in [4.78, 5) is 16.9. The largest absolute Gasteiger partial charge is 0.464 e. The lowest BCUT2D eigenvalue weighted by Crippen LogP contribution is -2.25. The van der Waals surface area contributed by atoms with Gasteiger partial charge in [-0.25, -0.2) is 9.78 Å². The van der Waals surface area contributed by atoms with Crippen LogP contribution in [0.25, 0.3) is 0 Å². The first-order valence-corrected chi connectivity index (χ1v) is 6.43. The van der Waals surface area contributed by atoms with E-state index < -0.39 is 0 Å². The number of ether oxygens (including phenoxy) is 1. The maximum absolute atomic E-state index is 11.6. The molecule has 5 heteroatoms. The van der Waals surface area contributed by atoms with Crippen LogP contribution in [0.5, 0.6) is 0 Å². The number of hydrogen-bond acceptors (Lipinski definition) is 5. The summed E-state index contributed by atoms with van der Waals surface area (Å²) >= 11 is 1.52. The van der Waals surface area contributed by atoms with Crippen LogP contribution in [-0.2, 0) is 4.74 Å². The van der Waals surface area contributed by atoms with Crippen LogP contribution >= 0.6 is 11.3 Å². The van der Waals surface area contributed by atoms with Crippen molar-refractivity contribution in [2.24, 2.45) is 0 Å². The average molecular weight is 256 g/mol. The van der Waals surface area contributed by atoms with Gasteiger partial charge in [0.1, 0.15) is 0 Å². The van der Waals surface area contributed by atoms with Crippen LogP contribution < -0.4 is 5.32 Å². The molecule has 1 heterocycles. The second-order valence-electron chi connectivity index (χ2n) is 5.25. The molecule has 0 amide bonds. The van der Waals surface area contributed by atoms with Gasteiger partial charge in [-0.1, -0.05) is 13.8 Å². The summed E-state index contributed by atoms with van der Waals surface area (Å²) in [5.41, 5.74) is 0.360. The molecule has 1 aromatic heterocycles. The summed E-state index contributed by atoms with van der Waals surface area (Å²) in [6.45, 7) is 10.3. The molecule has 0 saturated heterocycles. The molecule has 0 spiro atoms. The van der Waals surface area contributed by atoms with Gasteiger partial charge in [-0.05, 0) is 26.7 Å². The third-order valence-electron chi connectivity index (χ3n) is 2.04. The van der Waals surface area contributed by atoms with E-state index in [1.807, 2.05) is 13.8 Å². The fourth-order valence-electron chi connectivity index (χ4n) is 1.34. The van der Waals surface area contributed by atoms with E-state index in [1.165, 1.54) is 18.4 Å². The van der Waals surface area contributed by atoms with Crippen molar-refractivity contribution in [2.45, 2.75) is 46.1 Å². The molecular weight excluding hydrogens is 236 g/mol. The Hall–Kier alpha value is -1.10. The highest BCUT2D eigenvalue weighted by Crippen LogP contribution is 2.31. The molecule has 0 aliphatic carbocycles. The Kier molecular flexibility index (Phi) is 4.14. The number of anilines is 1. The Morgan fingerprint density at radius 1 is 1.41 bits per heavy atom. The lowest BCUT2D eigenvalue weighted by molar-refractivity contribution is 0.0593. The van der Waals surface area contributed by atoms with Crippen LogP contribution in [0, 0.1) is 0 Å². The highest BCUT2D eigenvalue weighted by atomic mass is 32.1. The first kappa shape index (κ1) is 14.0. The molecule has 4 nitrogen and oxygen atoms in total. The predicted molar refractivity (Wildman–Crippen MR) is 70.9 cm³/mol. The standard InChI is InChI=1S/C12H20N2O2S/c1-7(2)9-8(10(15)16-6)13-11(17-9)14-12(3,4)5/h7H,1-6H3,(H,13,14). The van der Waals surface area contributed by atoms with Crippen LogP contribution in [0.4, 0.5) is 5.13 Å². The first-order chi connectivity index (χ1) is 7.74. The molecule has 0 aromatic carbocycles. The van der Waals surface area contributed by atoms with Crippen molar-refractivity contribution >= 4 is 22.4 Å². The minimum atomic E-state index is -0.369. The summed E-state index contributed by atoms with van der Waals surface area (Å²) in [7, 11) is 1.38. The van der Waals surface area contributed by atoms with Gasteiger partial charge in [0.05, 0.1) is 7.11 Å². The summed E-state index contributed by atoms with van der Waals surface area (Å²) in [5, 5.41) is 4.04. The van der Waals surface area contributed by atoms with Crippen molar-refractivity contribution in [3.8, 4) is 0 Å². The van der Waals surface area contributed by atoms with Gasteiger partial charge in [0.15, 0.2) is 10.8 Å². The number of rotatable bonds is 3. The second kappa shape index (κ2) is 5.04. The third-order valence-corrected chi connectivity index (χ3v) is 3.31. The van der Waals surface area contributed by atoms with E-state index in [-0.39, 0.29) is 17.4 Å². The Balaban J connectivity index is 3.08. The number of carbonyl (C=O) groups excluding carboxylic acids is 1. The number of hydrogen-bond donors (Lipinski definition) is 1. The average Bonchev–Trinajstić information content (AvgIpc) is 2.57. The van der Waals surface area contributed by atoms with Crippen LogP contribution in [0.1, 0.15) is 55.9 Å². The SMILES string of the molecule is COC(=O)c1nc(NC(C)(C)C)sc1C(C)C. The molecule has 0 aliphatic rings. The molecule has 0 saturated carbocycles. The van der Waals surface area contributed by atoms with Crippen molar-refractivity contribution in [3.05, 3.63) is 10.6 Å². The first-order valence-electron chi connectivity index (χ1n) is 5.62. The lowest BCUT2D eigenvalue weighted by Gasteiger charge is -2.19. The third kappa shape index (κ3) is 3.70. The molecule has 1 rings (SSSR count). The van der Waals surface area contributed by atoms with Gasteiger partial charge in [0, 0.05) is 10.4 Å². The minimum absolute atomic E-state index is 0.0699.